The van der Waals surface area contributed by atoms with Gasteiger partial charge in [-0.3, -0.25) is 20.2 Å². The maximum absolute atomic E-state index is 11.2. The Balaban J connectivity index is 2.64. The Hall–Kier alpha value is -2.76. The van der Waals surface area contributed by atoms with Crippen molar-refractivity contribution in [3.8, 4) is 0 Å². The van der Waals surface area contributed by atoms with Gasteiger partial charge in [0.05, 0.1) is 9.85 Å². The molecule has 2 rings (SSSR count). The zero-order valence-corrected chi connectivity index (χ0v) is 12.6. The predicted molar refractivity (Wildman–Crippen MR) is 83.2 cm³/mol. The van der Waals surface area contributed by atoms with Crippen molar-refractivity contribution in [2.24, 2.45) is 0 Å². The van der Waals surface area contributed by atoms with Gasteiger partial charge >= 0.3 is 0 Å². The van der Waals surface area contributed by atoms with Crippen LogP contribution in [0.3, 0.4) is 0 Å². The minimum Gasteiger partial charge on any atom is -0.258 e. The average Bonchev–Trinajstić information content (AvgIpc) is 2.45. The molecule has 0 bridgehead atoms. The van der Waals surface area contributed by atoms with Crippen LogP contribution in [0.2, 0.25) is 0 Å². The van der Waals surface area contributed by atoms with E-state index in [1.807, 2.05) is 13.8 Å². The summed E-state index contributed by atoms with van der Waals surface area (Å²) in [5.74, 6) is -0.444. The topological polar surface area (TPSA) is 86.3 Å². The minimum atomic E-state index is -0.451. The molecule has 0 amide bonds. The standard InChI is InChI=1S/C16H16N2O4/c1-10-4-6-15(17(19)20)13(8-10)12(3)14-9-11(2)5-7-16(14)18(21)22/h4-9,12H,1-3H3. The van der Waals surface area contributed by atoms with Crippen molar-refractivity contribution < 1.29 is 9.85 Å². The average molecular weight is 300 g/mol. The van der Waals surface area contributed by atoms with Gasteiger partial charge in [0, 0.05) is 29.2 Å². The van der Waals surface area contributed by atoms with E-state index in [1.165, 1.54) is 12.1 Å². The molecule has 114 valence electrons. The van der Waals surface area contributed by atoms with Crippen LogP contribution in [-0.2, 0) is 0 Å². The molecule has 0 radical (unpaired) electrons. The molecule has 2 aromatic rings. The summed E-state index contributed by atoms with van der Waals surface area (Å²) in [4.78, 5) is 21.5. The Kier molecular flexibility index (Phi) is 4.21. The van der Waals surface area contributed by atoms with E-state index in [0.29, 0.717) is 11.1 Å². The number of nitro benzene ring substituents is 2. The van der Waals surface area contributed by atoms with Crippen molar-refractivity contribution >= 4 is 11.4 Å². The molecule has 2 aromatic carbocycles. The van der Waals surface area contributed by atoms with Gasteiger partial charge in [-0.15, -0.1) is 0 Å². The van der Waals surface area contributed by atoms with E-state index in [4.69, 9.17) is 0 Å². The van der Waals surface area contributed by atoms with E-state index in [9.17, 15) is 20.2 Å². The van der Waals surface area contributed by atoms with Crippen LogP contribution in [0, 0.1) is 34.1 Å². The molecule has 0 aliphatic carbocycles. The van der Waals surface area contributed by atoms with Crippen LogP contribution in [0.4, 0.5) is 11.4 Å². The molecule has 0 unspecified atom stereocenters. The SMILES string of the molecule is Cc1ccc([N+](=O)[O-])c(C(C)c2cc(C)ccc2[N+](=O)[O-])c1. The van der Waals surface area contributed by atoms with E-state index in [2.05, 4.69) is 0 Å². The van der Waals surface area contributed by atoms with Gasteiger partial charge in [-0.2, -0.15) is 0 Å². The summed E-state index contributed by atoms with van der Waals surface area (Å²) in [5, 5.41) is 22.5. The lowest BCUT2D eigenvalue weighted by Crippen LogP contribution is -2.05. The highest BCUT2D eigenvalue weighted by Crippen LogP contribution is 2.36. The molecule has 0 aromatic heterocycles. The molecule has 6 nitrogen and oxygen atoms in total. The number of hydrogen-bond acceptors (Lipinski definition) is 4. The first-order chi connectivity index (χ1) is 10.3. The van der Waals surface area contributed by atoms with Gasteiger partial charge in [0.1, 0.15) is 0 Å². The van der Waals surface area contributed by atoms with Gasteiger partial charge < -0.3 is 0 Å². The van der Waals surface area contributed by atoms with E-state index in [0.717, 1.165) is 11.1 Å². The van der Waals surface area contributed by atoms with Gasteiger partial charge in [0.15, 0.2) is 0 Å². The largest absolute Gasteiger partial charge is 0.273 e. The van der Waals surface area contributed by atoms with Crippen molar-refractivity contribution in [1.82, 2.24) is 0 Å². The maximum Gasteiger partial charge on any atom is 0.273 e. The molecular formula is C16H16N2O4. The summed E-state index contributed by atoms with van der Waals surface area (Å²) >= 11 is 0. The van der Waals surface area contributed by atoms with Crippen LogP contribution in [0.5, 0.6) is 0 Å². The third kappa shape index (κ3) is 2.95. The molecule has 0 N–H and O–H groups in total. The lowest BCUT2D eigenvalue weighted by atomic mass is 9.89. The third-order valence-electron chi connectivity index (χ3n) is 3.69. The molecule has 0 fully saturated rings. The molecule has 22 heavy (non-hydrogen) atoms. The van der Waals surface area contributed by atoms with Gasteiger partial charge in [0.2, 0.25) is 0 Å². The Morgan fingerprint density at radius 2 is 1.18 bits per heavy atom. The summed E-state index contributed by atoms with van der Waals surface area (Å²) in [6.07, 6.45) is 0. The summed E-state index contributed by atoms with van der Waals surface area (Å²) in [6, 6.07) is 9.66. The maximum atomic E-state index is 11.2. The summed E-state index contributed by atoms with van der Waals surface area (Å²) in [5.41, 5.74) is 2.69. The van der Waals surface area contributed by atoms with Crippen molar-refractivity contribution in [2.75, 3.05) is 0 Å². The Morgan fingerprint density at radius 1 is 0.818 bits per heavy atom. The van der Waals surface area contributed by atoms with Gasteiger partial charge in [-0.05, 0) is 26.0 Å². The predicted octanol–water partition coefficient (Wildman–Crippen LogP) is 4.27. The van der Waals surface area contributed by atoms with Crippen molar-refractivity contribution in [2.45, 2.75) is 26.7 Å². The Labute approximate surface area is 127 Å². The first-order valence-corrected chi connectivity index (χ1v) is 6.81. The number of hydrogen-bond donors (Lipinski definition) is 0. The molecule has 0 saturated heterocycles. The van der Waals surface area contributed by atoms with Crippen LogP contribution in [-0.4, -0.2) is 9.85 Å². The molecule has 0 atom stereocenters. The number of benzene rings is 2. The molecular weight excluding hydrogens is 284 g/mol. The second kappa shape index (κ2) is 5.93. The number of nitro groups is 2. The number of nitrogens with zero attached hydrogens (tertiary/aromatic N) is 2. The van der Waals surface area contributed by atoms with Crippen LogP contribution < -0.4 is 0 Å². The Morgan fingerprint density at radius 3 is 1.50 bits per heavy atom. The van der Waals surface area contributed by atoms with Crippen LogP contribution >= 0.6 is 0 Å². The molecule has 0 spiro atoms. The minimum absolute atomic E-state index is 0.0195. The molecule has 0 aliphatic heterocycles. The molecule has 0 aliphatic rings. The van der Waals surface area contributed by atoms with E-state index >= 15 is 0 Å². The summed E-state index contributed by atoms with van der Waals surface area (Å²) < 4.78 is 0. The van der Waals surface area contributed by atoms with E-state index in [-0.39, 0.29) is 11.4 Å². The highest BCUT2D eigenvalue weighted by molar-refractivity contribution is 5.54. The van der Waals surface area contributed by atoms with E-state index in [1.54, 1.807) is 31.2 Å². The fraction of sp³-hybridized carbons (Fsp3) is 0.250. The quantitative estimate of drug-likeness (QED) is 0.623. The lowest BCUT2D eigenvalue weighted by molar-refractivity contribution is -0.386. The Bertz CT molecular complexity index is 692. The van der Waals surface area contributed by atoms with Crippen molar-refractivity contribution in [1.29, 1.82) is 0 Å². The zero-order valence-electron chi connectivity index (χ0n) is 12.6. The molecule has 0 heterocycles. The lowest BCUT2D eigenvalue weighted by Gasteiger charge is -2.14. The summed E-state index contributed by atoms with van der Waals surface area (Å²) in [6.45, 7) is 5.43. The third-order valence-corrected chi connectivity index (χ3v) is 3.69. The fourth-order valence-corrected chi connectivity index (χ4v) is 2.54. The normalized spacial score (nSPS) is 10.7. The van der Waals surface area contributed by atoms with Gasteiger partial charge in [-0.1, -0.05) is 30.2 Å². The molecule has 0 saturated carbocycles. The highest BCUT2D eigenvalue weighted by Gasteiger charge is 2.26. The number of rotatable bonds is 4. The van der Waals surface area contributed by atoms with E-state index < -0.39 is 15.8 Å². The van der Waals surface area contributed by atoms with Crippen LogP contribution in [0.1, 0.15) is 35.1 Å². The highest BCUT2D eigenvalue weighted by atomic mass is 16.6. The van der Waals surface area contributed by atoms with Gasteiger partial charge in [-0.25, -0.2) is 0 Å². The van der Waals surface area contributed by atoms with Crippen molar-refractivity contribution in [3.63, 3.8) is 0 Å². The second-order valence-electron chi connectivity index (χ2n) is 5.36. The monoisotopic (exact) mass is 300 g/mol. The van der Waals surface area contributed by atoms with Crippen LogP contribution in [0.25, 0.3) is 0 Å². The first-order valence-electron chi connectivity index (χ1n) is 6.81. The number of aryl methyl sites for hydroxylation is 2. The van der Waals surface area contributed by atoms with Crippen molar-refractivity contribution in [3.05, 3.63) is 78.9 Å². The first kappa shape index (κ1) is 15.6. The van der Waals surface area contributed by atoms with Crippen LogP contribution in [0.15, 0.2) is 36.4 Å². The fourth-order valence-electron chi connectivity index (χ4n) is 2.54. The molecule has 6 heteroatoms. The smallest absolute Gasteiger partial charge is 0.258 e. The zero-order chi connectivity index (χ0) is 16.4. The second-order valence-corrected chi connectivity index (χ2v) is 5.36. The summed E-state index contributed by atoms with van der Waals surface area (Å²) in [7, 11) is 0. The van der Waals surface area contributed by atoms with Gasteiger partial charge in [0.25, 0.3) is 11.4 Å².